The molecule has 0 N–H and O–H groups in total. The predicted molar refractivity (Wildman–Crippen MR) is 89.0 cm³/mol. The fourth-order valence-electron chi connectivity index (χ4n) is 3.73. The maximum atomic E-state index is 13.7. The molecule has 0 spiro atoms. The Morgan fingerprint density at radius 3 is 2.50 bits per heavy atom. The summed E-state index contributed by atoms with van der Waals surface area (Å²) >= 11 is 0. The Morgan fingerprint density at radius 2 is 1.91 bits per heavy atom. The summed E-state index contributed by atoms with van der Waals surface area (Å²) in [6.45, 7) is 4.41. The Bertz CT molecular complexity index is 504. The standard InChI is InChI=1S/C20H28F2/c1-3-8-16(4-2)18(13-15-9-6-5-7-10-15)17-11-12-19(21)20(22)14-17/h9,11-12,14,16,18H,3-8,10,13H2,1-2H3. The molecular weight excluding hydrogens is 278 g/mol. The van der Waals surface area contributed by atoms with E-state index in [0.29, 0.717) is 11.8 Å². The third kappa shape index (κ3) is 4.41. The highest BCUT2D eigenvalue weighted by Crippen LogP contribution is 2.38. The number of rotatable bonds is 7. The van der Waals surface area contributed by atoms with Crippen LogP contribution in [0.25, 0.3) is 0 Å². The van der Waals surface area contributed by atoms with Crippen molar-refractivity contribution in [3.8, 4) is 0 Å². The van der Waals surface area contributed by atoms with Crippen LogP contribution in [0.1, 0.15) is 76.7 Å². The predicted octanol–water partition coefficient (Wildman–Crippen LogP) is 6.77. The molecule has 1 aromatic carbocycles. The average Bonchev–Trinajstić information content (AvgIpc) is 2.54. The lowest BCUT2D eigenvalue weighted by molar-refractivity contribution is 0.370. The lowest BCUT2D eigenvalue weighted by atomic mass is 9.76. The molecule has 0 aromatic heterocycles. The van der Waals surface area contributed by atoms with Gasteiger partial charge in [-0.2, -0.15) is 0 Å². The summed E-state index contributed by atoms with van der Waals surface area (Å²) in [6, 6.07) is 4.48. The maximum Gasteiger partial charge on any atom is 0.159 e. The maximum absolute atomic E-state index is 13.7. The molecule has 2 rings (SSSR count). The summed E-state index contributed by atoms with van der Waals surface area (Å²) in [5, 5.41) is 0. The normalized spacial score (nSPS) is 17.9. The van der Waals surface area contributed by atoms with Crippen LogP contribution < -0.4 is 0 Å². The van der Waals surface area contributed by atoms with E-state index in [1.807, 2.05) is 0 Å². The van der Waals surface area contributed by atoms with Crippen LogP contribution in [-0.2, 0) is 0 Å². The van der Waals surface area contributed by atoms with E-state index < -0.39 is 11.6 Å². The van der Waals surface area contributed by atoms with Gasteiger partial charge in [-0.3, -0.25) is 0 Å². The van der Waals surface area contributed by atoms with Crippen molar-refractivity contribution in [1.29, 1.82) is 0 Å². The molecule has 22 heavy (non-hydrogen) atoms. The zero-order valence-electron chi connectivity index (χ0n) is 13.9. The first kappa shape index (κ1) is 17.2. The molecule has 1 aliphatic rings. The molecule has 2 unspecified atom stereocenters. The lowest BCUT2D eigenvalue weighted by Gasteiger charge is -2.29. The highest BCUT2D eigenvalue weighted by Gasteiger charge is 2.24. The van der Waals surface area contributed by atoms with Gasteiger partial charge in [0.1, 0.15) is 0 Å². The third-order valence-electron chi connectivity index (χ3n) is 4.99. The smallest absolute Gasteiger partial charge is 0.159 e. The second-order valence-corrected chi connectivity index (χ2v) is 6.55. The molecule has 0 nitrogen and oxygen atoms in total. The van der Waals surface area contributed by atoms with E-state index in [2.05, 4.69) is 19.9 Å². The first-order chi connectivity index (χ1) is 10.7. The number of halogens is 2. The Hall–Kier alpha value is -1.18. The summed E-state index contributed by atoms with van der Waals surface area (Å²) in [4.78, 5) is 0. The topological polar surface area (TPSA) is 0 Å². The van der Waals surface area contributed by atoms with Crippen LogP contribution >= 0.6 is 0 Å². The van der Waals surface area contributed by atoms with E-state index in [1.54, 1.807) is 6.07 Å². The van der Waals surface area contributed by atoms with E-state index in [0.717, 1.165) is 31.2 Å². The molecule has 122 valence electrons. The Balaban J connectivity index is 2.26. The van der Waals surface area contributed by atoms with E-state index in [9.17, 15) is 8.78 Å². The van der Waals surface area contributed by atoms with Gasteiger partial charge in [0.25, 0.3) is 0 Å². The van der Waals surface area contributed by atoms with Gasteiger partial charge < -0.3 is 0 Å². The van der Waals surface area contributed by atoms with Crippen molar-refractivity contribution in [3.05, 3.63) is 47.0 Å². The quantitative estimate of drug-likeness (QED) is 0.488. The monoisotopic (exact) mass is 306 g/mol. The molecule has 1 aliphatic carbocycles. The Morgan fingerprint density at radius 1 is 1.09 bits per heavy atom. The highest BCUT2D eigenvalue weighted by molar-refractivity contribution is 5.25. The molecule has 2 atom stereocenters. The van der Waals surface area contributed by atoms with Gasteiger partial charge in [0.2, 0.25) is 0 Å². The van der Waals surface area contributed by atoms with Gasteiger partial charge in [0.05, 0.1) is 0 Å². The molecule has 0 bridgehead atoms. The first-order valence-electron chi connectivity index (χ1n) is 8.78. The fraction of sp³-hybridized carbons (Fsp3) is 0.600. The molecule has 0 saturated carbocycles. The molecule has 2 heteroatoms. The molecule has 0 aliphatic heterocycles. The third-order valence-corrected chi connectivity index (χ3v) is 4.99. The lowest BCUT2D eigenvalue weighted by Crippen LogP contribution is -2.14. The van der Waals surface area contributed by atoms with Crippen molar-refractivity contribution < 1.29 is 8.78 Å². The van der Waals surface area contributed by atoms with Crippen molar-refractivity contribution in [2.24, 2.45) is 5.92 Å². The number of hydrogen-bond donors (Lipinski definition) is 0. The minimum atomic E-state index is -0.747. The van der Waals surface area contributed by atoms with Crippen LogP contribution in [0.5, 0.6) is 0 Å². The second-order valence-electron chi connectivity index (χ2n) is 6.55. The minimum Gasteiger partial charge on any atom is -0.204 e. The van der Waals surface area contributed by atoms with Gasteiger partial charge in [0.15, 0.2) is 11.6 Å². The largest absolute Gasteiger partial charge is 0.204 e. The zero-order valence-corrected chi connectivity index (χ0v) is 13.9. The first-order valence-corrected chi connectivity index (χ1v) is 8.78. The summed E-state index contributed by atoms with van der Waals surface area (Å²) < 4.78 is 26.9. The van der Waals surface area contributed by atoms with Crippen LogP contribution in [0.2, 0.25) is 0 Å². The van der Waals surface area contributed by atoms with E-state index in [1.165, 1.54) is 43.4 Å². The van der Waals surface area contributed by atoms with Crippen molar-refractivity contribution in [2.75, 3.05) is 0 Å². The average molecular weight is 306 g/mol. The SMILES string of the molecule is CCCC(CC)C(CC1=CCCCC1)c1ccc(F)c(F)c1. The number of hydrogen-bond acceptors (Lipinski definition) is 0. The molecular formula is C20H28F2. The zero-order chi connectivity index (χ0) is 15.9. The van der Waals surface area contributed by atoms with Gasteiger partial charge in [-0.15, -0.1) is 0 Å². The Kier molecular flexibility index (Phi) is 6.60. The van der Waals surface area contributed by atoms with Gasteiger partial charge in [0, 0.05) is 0 Å². The minimum absolute atomic E-state index is 0.310. The van der Waals surface area contributed by atoms with Gasteiger partial charge in [-0.05, 0) is 61.6 Å². The van der Waals surface area contributed by atoms with Crippen molar-refractivity contribution in [2.45, 2.75) is 71.1 Å². The second kappa shape index (κ2) is 8.45. The number of allylic oxidation sites excluding steroid dienone is 2. The van der Waals surface area contributed by atoms with Crippen molar-refractivity contribution >= 4 is 0 Å². The molecule has 0 saturated heterocycles. The van der Waals surface area contributed by atoms with Crippen molar-refractivity contribution in [1.82, 2.24) is 0 Å². The van der Waals surface area contributed by atoms with Gasteiger partial charge >= 0.3 is 0 Å². The summed E-state index contributed by atoms with van der Waals surface area (Å²) in [7, 11) is 0. The summed E-state index contributed by atoms with van der Waals surface area (Å²) in [5.41, 5.74) is 2.47. The number of benzene rings is 1. The summed E-state index contributed by atoms with van der Waals surface area (Å²) in [6.07, 6.45) is 11.6. The van der Waals surface area contributed by atoms with E-state index >= 15 is 0 Å². The molecule has 1 aromatic rings. The van der Waals surface area contributed by atoms with E-state index in [-0.39, 0.29) is 0 Å². The van der Waals surface area contributed by atoms with Gasteiger partial charge in [-0.1, -0.05) is 50.8 Å². The van der Waals surface area contributed by atoms with E-state index in [4.69, 9.17) is 0 Å². The van der Waals surface area contributed by atoms with Crippen molar-refractivity contribution in [3.63, 3.8) is 0 Å². The fourth-order valence-corrected chi connectivity index (χ4v) is 3.73. The molecule has 0 fully saturated rings. The molecule has 0 heterocycles. The molecule has 0 amide bonds. The van der Waals surface area contributed by atoms with Crippen LogP contribution in [-0.4, -0.2) is 0 Å². The van der Waals surface area contributed by atoms with Crippen LogP contribution in [0.3, 0.4) is 0 Å². The summed E-state index contributed by atoms with van der Waals surface area (Å²) in [5.74, 6) is -0.614. The van der Waals surface area contributed by atoms with Gasteiger partial charge in [-0.25, -0.2) is 8.78 Å². The van der Waals surface area contributed by atoms with Crippen LogP contribution in [0.4, 0.5) is 8.78 Å². The van der Waals surface area contributed by atoms with Crippen LogP contribution in [0.15, 0.2) is 29.8 Å². The van der Waals surface area contributed by atoms with Crippen LogP contribution in [0, 0.1) is 17.6 Å². The highest BCUT2D eigenvalue weighted by atomic mass is 19.2. The Labute approximate surface area is 133 Å². The molecule has 0 radical (unpaired) electrons.